The highest BCUT2D eigenvalue weighted by Crippen LogP contribution is 2.49. The van der Waals surface area contributed by atoms with Gasteiger partial charge in [-0.1, -0.05) is 20.8 Å². The van der Waals surface area contributed by atoms with Crippen LogP contribution < -0.4 is 10.7 Å². The van der Waals surface area contributed by atoms with E-state index in [9.17, 15) is 18.0 Å². The predicted octanol–water partition coefficient (Wildman–Crippen LogP) is 3.52. The summed E-state index contributed by atoms with van der Waals surface area (Å²) >= 11 is 0. The van der Waals surface area contributed by atoms with Crippen LogP contribution in [0.4, 0.5) is 18.9 Å². The van der Waals surface area contributed by atoms with E-state index in [0.717, 1.165) is 12.5 Å². The van der Waals surface area contributed by atoms with Crippen molar-refractivity contribution in [2.75, 3.05) is 12.4 Å². The van der Waals surface area contributed by atoms with E-state index in [4.69, 9.17) is 0 Å². The second-order valence-electron chi connectivity index (χ2n) is 7.53. The van der Waals surface area contributed by atoms with Gasteiger partial charge >= 0.3 is 0 Å². The third-order valence-electron chi connectivity index (χ3n) is 5.07. The molecule has 25 heavy (non-hydrogen) atoms. The SMILES string of the molecule is C[C@H]1CC(C)(C)c2c(F)ccc(NC(=O)C3(C(F)F)C=CN(C)N3)c21. The molecule has 4 nitrogen and oxygen atoms in total. The molecule has 2 N–H and O–H groups in total. The number of anilines is 1. The quantitative estimate of drug-likeness (QED) is 0.874. The van der Waals surface area contributed by atoms with E-state index in [2.05, 4.69) is 10.7 Å². The van der Waals surface area contributed by atoms with Crippen LogP contribution in [0.15, 0.2) is 24.4 Å². The maximum absolute atomic E-state index is 14.4. The van der Waals surface area contributed by atoms with E-state index in [-0.39, 0.29) is 17.2 Å². The lowest BCUT2D eigenvalue weighted by Crippen LogP contribution is -2.58. The van der Waals surface area contributed by atoms with Crippen LogP contribution in [0.25, 0.3) is 0 Å². The molecule has 1 aromatic rings. The minimum atomic E-state index is -2.93. The van der Waals surface area contributed by atoms with Crippen LogP contribution in [0.1, 0.15) is 44.2 Å². The van der Waals surface area contributed by atoms with Gasteiger partial charge in [0.25, 0.3) is 12.3 Å². The molecule has 1 aromatic carbocycles. The Morgan fingerprint density at radius 3 is 2.64 bits per heavy atom. The molecule has 2 atom stereocenters. The Hall–Kier alpha value is -2.02. The molecule has 3 rings (SSSR count). The lowest BCUT2D eigenvalue weighted by atomic mass is 9.85. The lowest BCUT2D eigenvalue weighted by Gasteiger charge is -2.28. The summed E-state index contributed by atoms with van der Waals surface area (Å²) in [5, 5.41) is 3.91. The van der Waals surface area contributed by atoms with Crippen LogP contribution in [-0.4, -0.2) is 29.9 Å². The zero-order valence-electron chi connectivity index (χ0n) is 14.7. The summed E-state index contributed by atoms with van der Waals surface area (Å²) in [7, 11) is 1.54. The number of benzene rings is 1. The summed E-state index contributed by atoms with van der Waals surface area (Å²) in [5.41, 5.74) is 1.62. The largest absolute Gasteiger partial charge is 0.324 e. The Kier molecular flexibility index (Phi) is 4.10. The van der Waals surface area contributed by atoms with Crippen LogP contribution in [0.3, 0.4) is 0 Å². The molecule has 136 valence electrons. The summed E-state index contributed by atoms with van der Waals surface area (Å²) in [4.78, 5) is 12.7. The fraction of sp³-hybridized carbons (Fsp3) is 0.500. The Morgan fingerprint density at radius 2 is 2.08 bits per heavy atom. The standard InChI is InChI=1S/C18H22F3N3O/c1-10-9-17(2,3)14-11(19)5-6-12(13(10)14)22-16(25)18(15(20)21)7-8-24(4)23-18/h5-8,10,15,23H,9H2,1-4H3,(H,22,25)/t10-,18?/m0/s1. The summed E-state index contributed by atoms with van der Waals surface area (Å²) in [6, 6.07) is 2.73. The first-order valence-corrected chi connectivity index (χ1v) is 8.21. The third-order valence-corrected chi connectivity index (χ3v) is 5.07. The molecule has 1 heterocycles. The van der Waals surface area contributed by atoms with Gasteiger partial charge in [-0.25, -0.2) is 18.6 Å². The zero-order valence-corrected chi connectivity index (χ0v) is 14.7. The molecule has 0 spiro atoms. The molecule has 7 heteroatoms. The number of carbonyl (C=O) groups excluding carboxylic acids is 1. The van der Waals surface area contributed by atoms with Crippen molar-refractivity contribution in [1.29, 1.82) is 0 Å². The highest BCUT2D eigenvalue weighted by atomic mass is 19.3. The number of rotatable bonds is 3. The van der Waals surface area contributed by atoms with Gasteiger partial charge in [0.2, 0.25) is 0 Å². The van der Waals surface area contributed by atoms with Crippen LogP contribution in [0.5, 0.6) is 0 Å². The Bertz CT molecular complexity index is 747. The first-order chi connectivity index (χ1) is 11.6. The predicted molar refractivity (Wildman–Crippen MR) is 89.9 cm³/mol. The molecule has 1 amide bonds. The van der Waals surface area contributed by atoms with E-state index < -0.39 is 17.9 Å². The van der Waals surface area contributed by atoms with Gasteiger partial charge in [-0.05, 0) is 47.1 Å². The molecule has 1 aliphatic carbocycles. The summed E-state index contributed by atoms with van der Waals surface area (Å²) < 4.78 is 41.6. The van der Waals surface area contributed by atoms with Crippen molar-refractivity contribution in [3.05, 3.63) is 41.4 Å². The van der Waals surface area contributed by atoms with E-state index in [1.165, 1.54) is 30.4 Å². The average Bonchev–Trinajstić information content (AvgIpc) is 3.01. The molecular weight excluding hydrogens is 331 g/mol. The normalized spacial score (nSPS) is 27.0. The van der Waals surface area contributed by atoms with Gasteiger partial charge in [-0.15, -0.1) is 0 Å². The smallest absolute Gasteiger partial charge is 0.270 e. The maximum Gasteiger partial charge on any atom is 0.270 e. The summed E-state index contributed by atoms with van der Waals surface area (Å²) in [6.45, 7) is 5.84. The van der Waals surface area contributed by atoms with E-state index in [1.807, 2.05) is 20.8 Å². The lowest BCUT2D eigenvalue weighted by molar-refractivity contribution is -0.127. The summed E-state index contributed by atoms with van der Waals surface area (Å²) in [6.07, 6.45) is 0.319. The Morgan fingerprint density at radius 1 is 1.40 bits per heavy atom. The number of nitrogens with zero attached hydrogens (tertiary/aromatic N) is 1. The van der Waals surface area contributed by atoms with Crippen LogP contribution in [0, 0.1) is 5.82 Å². The van der Waals surface area contributed by atoms with E-state index in [1.54, 1.807) is 0 Å². The number of hydrazine groups is 1. The number of alkyl halides is 2. The van der Waals surface area contributed by atoms with E-state index >= 15 is 0 Å². The van der Waals surface area contributed by atoms with Crippen LogP contribution in [-0.2, 0) is 10.2 Å². The van der Waals surface area contributed by atoms with Gasteiger partial charge in [0.1, 0.15) is 5.82 Å². The molecule has 0 saturated heterocycles. The van der Waals surface area contributed by atoms with Gasteiger partial charge in [-0.3, -0.25) is 4.79 Å². The van der Waals surface area contributed by atoms with Crippen molar-refractivity contribution < 1.29 is 18.0 Å². The van der Waals surface area contributed by atoms with Crippen LogP contribution >= 0.6 is 0 Å². The molecule has 2 aliphatic rings. The fourth-order valence-corrected chi connectivity index (χ4v) is 4.04. The zero-order chi connectivity index (χ0) is 18.6. The minimum Gasteiger partial charge on any atom is -0.324 e. The highest BCUT2D eigenvalue weighted by Gasteiger charge is 2.49. The van der Waals surface area contributed by atoms with Gasteiger partial charge in [0.05, 0.1) is 0 Å². The highest BCUT2D eigenvalue weighted by molar-refractivity contribution is 6.01. The molecular formula is C18H22F3N3O. The number of nitrogens with one attached hydrogen (secondary N) is 2. The number of hydrogen-bond donors (Lipinski definition) is 2. The second-order valence-corrected chi connectivity index (χ2v) is 7.53. The first-order valence-electron chi connectivity index (χ1n) is 8.21. The van der Waals surface area contributed by atoms with Crippen molar-refractivity contribution in [3.63, 3.8) is 0 Å². The molecule has 0 aromatic heterocycles. The molecule has 0 radical (unpaired) electrons. The maximum atomic E-state index is 14.4. The number of hydrogen-bond acceptors (Lipinski definition) is 3. The summed E-state index contributed by atoms with van der Waals surface area (Å²) in [5.74, 6) is -1.17. The number of amides is 1. The fourth-order valence-electron chi connectivity index (χ4n) is 4.04. The number of fused-ring (bicyclic) bond motifs is 1. The topological polar surface area (TPSA) is 44.4 Å². The van der Waals surface area contributed by atoms with Gasteiger partial charge in [0, 0.05) is 18.9 Å². The Labute approximate surface area is 145 Å². The minimum absolute atomic E-state index is 0.0215. The Balaban J connectivity index is 1.99. The van der Waals surface area contributed by atoms with Gasteiger partial charge < -0.3 is 10.3 Å². The molecule has 1 aliphatic heterocycles. The molecule has 0 fully saturated rings. The molecule has 1 unspecified atom stereocenters. The second kappa shape index (κ2) is 5.76. The molecule has 0 bridgehead atoms. The van der Waals surface area contributed by atoms with Gasteiger partial charge in [0.15, 0.2) is 5.54 Å². The number of halogens is 3. The van der Waals surface area contributed by atoms with Crippen molar-refractivity contribution in [3.8, 4) is 0 Å². The van der Waals surface area contributed by atoms with Crippen molar-refractivity contribution in [2.24, 2.45) is 0 Å². The monoisotopic (exact) mass is 353 g/mol. The third kappa shape index (κ3) is 2.70. The van der Waals surface area contributed by atoms with E-state index in [0.29, 0.717) is 16.8 Å². The number of carbonyl (C=O) groups is 1. The van der Waals surface area contributed by atoms with Crippen molar-refractivity contribution in [2.45, 2.75) is 50.5 Å². The average molecular weight is 353 g/mol. The molecule has 0 saturated carbocycles. The van der Waals surface area contributed by atoms with Crippen molar-refractivity contribution in [1.82, 2.24) is 10.4 Å². The first kappa shape index (κ1) is 17.8. The van der Waals surface area contributed by atoms with Crippen molar-refractivity contribution >= 4 is 11.6 Å². The van der Waals surface area contributed by atoms with Crippen LogP contribution in [0.2, 0.25) is 0 Å². The van der Waals surface area contributed by atoms with Gasteiger partial charge in [-0.2, -0.15) is 0 Å².